The van der Waals surface area contributed by atoms with E-state index in [1.165, 1.54) is 25.2 Å². The van der Waals surface area contributed by atoms with Gasteiger partial charge in [0.2, 0.25) is 12.5 Å². The zero-order chi connectivity index (χ0) is 29.0. The normalized spacial score (nSPS) is 24.3. The number of hydrogen-bond acceptors (Lipinski definition) is 11. The number of esters is 1. The number of ether oxygens (including phenoxy) is 5. The lowest BCUT2D eigenvalue weighted by Gasteiger charge is -2.40. The van der Waals surface area contributed by atoms with E-state index < -0.39 is 41.6 Å². The number of imide groups is 1. The fourth-order valence-electron chi connectivity index (χ4n) is 6.13. The Morgan fingerprint density at radius 3 is 2.29 bits per heavy atom. The van der Waals surface area contributed by atoms with Gasteiger partial charge in [-0.15, -0.1) is 0 Å². The number of rotatable bonds is 8. The van der Waals surface area contributed by atoms with Crippen molar-refractivity contribution in [2.45, 2.75) is 12.0 Å². The van der Waals surface area contributed by atoms with Crippen molar-refractivity contribution in [3.63, 3.8) is 0 Å². The molecule has 0 aromatic heterocycles. The first-order valence-electron chi connectivity index (χ1n) is 13.3. The summed E-state index contributed by atoms with van der Waals surface area (Å²) in [5, 5.41) is 13.8. The fourth-order valence-corrected chi connectivity index (χ4v) is 6.13. The molecule has 2 amide bonds. The molecule has 1 aliphatic carbocycles. The van der Waals surface area contributed by atoms with Crippen molar-refractivity contribution in [3.05, 3.63) is 52.7 Å². The Bertz CT molecular complexity index is 1440. The molecule has 3 heterocycles. The number of methoxy groups -OCH3 is 2. The highest BCUT2D eigenvalue weighted by Crippen LogP contribution is 2.55. The second-order valence-electron chi connectivity index (χ2n) is 10.7. The van der Waals surface area contributed by atoms with Crippen molar-refractivity contribution in [2.75, 3.05) is 54.8 Å². The number of hydrogen-bond donors (Lipinski definition) is 2. The quantitative estimate of drug-likeness (QED) is 0.356. The molecule has 0 radical (unpaired) electrons. The Balaban J connectivity index is 1.45. The molecular weight excluding hydrogens is 534 g/mol. The summed E-state index contributed by atoms with van der Waals surface area (Å²) in [4.78, 5) is 42.4. The van der Waals surface area contributed by atoms with Crippen LogP contribution in [0.5, 0.6) is 28.7 Å². The number of carbonyl (C=O) groups excluding carboxylic acids is 3. The van der Waals surface area contributed by atoms with E-state index >= 15 is 0 Å². The van der Waals surface area contributed by atoms with E-state index in [2.05, 4.69) is 5.32 Å². The van der Waals surface area contributed by atoms with Crippen molar-refractivity contribution in [1.82, 2.24) is 15.1 Å². The number of phenols is 1. The first kappa shape index (κ1) is 26.8. The lowest BCUT2D eigenvalue weighted by molar-refractivity contribution is -0.141. The summed E-state index contributed by atoms with van der Waals surface area (Å²) >= 11 is 0. The molecule has 3 aliphatic heterocycles. The van der Waals surface area contributed by atoms with Crippen LogP contribution in [0.1, 0.15) is 28.7 Å². The van der Waals surface area contributed by atoms with E-state index in [1.807, 2.05) is 31.1 Å². The number of aromatic hydroxyl groups is 1. The maximum atomic E-state index is 13.3. The van der Waals surface area contributed by atoms with E-state index in [-0.39, 0.29) is 42.9 Å². The molecule has 216 valence electrons. The summed E-state index contributed by atoms with van der Waals surface area (Å²) in [5.41, 5.74) is 2.36. The Kier molecular flexibility index (Phi) is 6.65. The van der Waals surface area contributed by atoms with Crippen molar-refractivity contribution in [3.8, 4) is 28.7 Å². The number of fused-ring (bicyclic) bond motifs is 3. The Morgan fingerprint density at radius 2 is 1.66 bits per heavy atom. The summed E-state index contributed by atoms with van der Waals surface area (Å²) < 4.78 is 27.8. The third-order valence-electron chi connectivity index (χ3n) is 8.14. The molecule has 4 aliphatic rings. The highest BCUT2D eigenvalue weighted by molar-refractivity contribution is 6.15. The van der Waals surface area contributed by atoms with Gasteiger partial charge in [-0.1, -0.05) is 0 Å². The molecule has 12 nitrogen and oxygen atoms in total. The van der Waals surface area contributed by atoms with Gasteiger partial charge in [-0.25, -0.2) is 0 Å². The molecule has 0 spiro atoms. The van der Waals surface area contributed by atoms with Gasteiger partial charge in [0.15, 0.2) is 23.0 Å². The molecule has 1 fully saturated rings. The van der Waals surface area contributed by atoms with E-state index in [0.29, 0.717) is 23.6 Å². The van der Waals surface area contributed by atoms with E-state index in [9.17, 15) is 19.5 Å². The summed E-state index contributed by atoms with van der Waals surface area (Å²) in [6.07, 6.45) is 1.30. The third kappa shape index (κ3) is 4.38. The van der Waals surface area contributed by atoms with Crippen molar-refractivity contribution in [2.24, 2.45) is 11.8 Å². The van der Waals surface area contributed by atoms with Gasteiger partial charge < -0.3 is 39.0 Å². The number of amides is 2. The van der Waals surface area contributed by atoms with Gasteiger partial charge in [0.25, 0.3) is 11.8 Å². The average molecular weight is 566 g/mol. The second-order valence-corrected chi connectivity index (χ2v) is 10.7. The number of nitrogens with one attached hydrogen (secondary N) is 1. The molecular formula is C29H31N3O9. The molecule has 2 N–H and O–H groups in total. The van der Waals surface area contributed by atoms with Crippen LogP contribution in [-0.2, 0) is 19.1 Å². The smallest absolute Gasteiger partial charge is 0.310 e. The lowest BCUT2D eigenvalue weighted by Crippen LogP contribution is -2.43. The fraction of sp³-hybridized carbons (Fsp3) is 0.414. The predicted molar refractivity (Wildman–Crippen MR) is 143 cm³/mol. The molecule has 4 atom stereocenters. The van der Waals surface area contributed by atoms with Crippen LogP contribution >= 0.6 is 0 Å². The first-order chi connectivity index (χ1) is 19.7. The highest BCUT2D eigenvalue weighted by atomic mass is 16.7. The highest BCUT2D eigenvalue weighted by Gasteiger charge is 2.53. The van der Waals surface area contributed by atoms with Gasteiger partial charge in [-0.3, -0.25) is 19.3 Å². The Morgan fingerprint density at radius 1 is 1.00 bits per heavy atom. The third-order valence-corrected chi connectivity index (χ3v) is 8.14. The molecule has 2 aromatic rings. The van der Waals surface area contributed by atoms with Gasteiger partial charge in [-0.2, -0.15) is 0 Å². The second kappa shape index (κ2) is 10.2. The molecule has 2 aromatic carbocycles. The minimum atomic E-state index is -0.656. The van der Waals surface area contributed by atoms with Crippen LogP contribution in [0, 0.1) is 11.8 Å². The molecule has 0 unspecified atom stereocenters. The average Bonchev–Trinajstić information content (AvgIpc) is 3.64. The van der Waals surface area contributed by atoms with E-state index in [1.54, 1.807) is 12.1 Å². The number of cyclic esters (lactones) is 1. The van der Waals surface area contributed by atoms with E-state index in [0.717, 1.165) is 11.1 Å². The van der Waals surface area contributed by atoms with Crippen LogP contribution in [0.25, 0.3) is 0 Å². The van der Waals surface area contributed by atoms with Crippen LogP contribution in [0.4, 0.5) is 0 Å². The van der Waals surface area contributed by atoms with Crippen LogP contribution in [-0.4, -0.2) is 87.5 Å². The number of nitrogens with zero attached hydrogens (tertiary/aromatic N) is 2. The lowest BCUT2D eigenvalue weighted by atomic mass is 9.65. The maximum Gasteiger partial charge on any atom is 0.310 e. The SMILES string of the molecule is COc1cc([C@@H]2c3cc4c(cc3[C@@H](NC3=CC(=O)N(CCN(C)C)C3=O)[C@H]3COC(=O)[C@H]23)OCO4)cc(OC)c1O. The largest absolute Gasteiger partial charge is 0.502 e. The number of carbonyl (C=O) groups is 3. The van der Waals surface area contributed by atoms with Crippen LogP contribution < -0.4 is 24.3 Å². The molecule has 1 saturated heterocycles. The Hall–Kier alpha value is -4.45. The molecule has 0 saturated carbocycles. The van der Waals surface area contributed by atoms with Gasteiger partial charge in [0.1, 0.15) is 5.70 Å². The Labute approximate surface area is 236 Å². The minimum absolute atomic E-state index is 0.0513. The maximum absolute atomic E-state index is 13.3. The van der Waals surface area contributed by atoms with Gasteiger partial charge in [0, 0.05) is 31.0 Å². The zero-order valence-corrected chi connectivity index (χ0v) is 23.1. The summed E-state index contributed by atoms with van der Waals surface area (Å²) in [5.74, 6) is -1.47. The predicted octanol–water partition coefficient (Wildman–Crippen LogP) is 1.52. The molecule has 41 heavy (non-hydrogen) atoms. The number of phenolic OH excluding ortho intramolecular Hbond substituents is 1. The monoisotopic (exact) mass is 565 g/mol. The topological polar surface area (TPSA) is 136 Å². The first-order valence-corrected chi connectivity index (χ1v) is 13.3. The van der Waals surface area contributed by atoms with Gasteiger partial charge in [-0.05, 0) is 55.1 Å². The molecule has 0 bridgehead atoms. The molecule has 6 rings (SSSR count). The van der Waals surface area contributed by atoms with Crippen LogP contribution in [0.3, 0.4) is 0 Å². The van der Waals surface area contributed by atoms with E-state index in [4.69, 9.17) is 23.7 Å². The van der Waals surface area contributed by atoms with Gasteiger partial charge >= 0.3 is 5.97 Å². The number of benzene rings is 2. The standard InChI is InChI=1S/C29H31N3O9/c1-31(2)5-6-32-23(33)11-18(28(32)35)30-26-16-10-20-19(40-13-41-20)9-15(16)24(25-17(26)12-39-29(25)36)14-7-21(37-3)27(34)22(8-14)38-4/h7-11,17,24-26,30,34H,5-6,12-13H2,1-4H3/t17-,24+,25-,26+/m0/s1. The van der Waals surface area contributed by atoms with Crippen molar-refractivity contribution < 1.29 is 43.2 Å². The van der Waals surface area contributed by atoms with Crippen molar-refractivity contribution >= 4 is 17.8 Å². The van der Waals surface area contributed by atoms with Crippen LogP contribution in [0.15, 0.2) is 36.0 Å². The minimum Gasteiger partial charge on any atom is -0.502 e. The van der Waals surface area contributed by atoms with Crippen molar-refractivity contribution in [1.29, 1.82) is 0 Å². The summed E-state index contributed by atoms with van der Waals surface area (Å²) in [7, 11) is 6.61. The molecule has 12 heteroatoms. The van der Waals surface area contributed by atoms with Crippen LogP contribution in [0.2, 0.25) is 0 Å². The summed E-state index contributed by atoms with van der Waals surface area (Å²) in [6, 6.07) is 6.49. The zero-order valence-electron chi connectivity index (χ0n) is 23.1. The summed E-state index contributed by atoms with van der Waals surface area (Å²) in [6.45, 7) is 0.947. The number of likely N-dealkylation sites (N-methyl/N-ethyl adjacent to an activating group) is 1. The van der Waals surface area contributed by atoms with Gasteiger partial charge in [0.05, 0.1) is 32.8 Å².